The van der Waals surface area contributed by atoms with Crippen molar-refractivity contribution < 1.29 is 24.2 Å². The van der Waals surface area contributed by atoms with Crippen LogP contribution in [-0.4, -0.2) is 46.9 Å². The summed E-state index contributed by atoms with van der Waals surface area (Å²) in [4.78, 5) is 31.6. The summed E-state index contributed by atoms with van der Waals surface area (Å²) in [5, 5.41) is 12.8. The molecule has 1 aliphatic heterocycles. The van der Waals surface area contributed by atoms with Crippen molar-refractivity contribution in [3.05, 3.63) is 42.0 Å². The van der Waals surface area contributed by atoms with Crippen LogP contribution < -0.4 is 4.74 Å². The summed E-state index contributed by atoms with van der Waals surface area (Å²) < 4.78 is 12.3. The van der Waals surface area contributed by atoms with E-state index in [-0.39, 0.29) is 6.61 Å². The van der Waals surface area contributed by atoms with Gasteiger partial charge in [0.25, 0.3) is 0 Å². The van der Waals surface area contributed by atoms with Crippen LogP contribution in [0.3, 0.4) is 0 Å². The van der Waals surface area contributed by atoms with Crippen LogP contribution in [0, 0.1) is 54.1 Å². The zero-order chi connectivity index (χ0) is 44.8. The molecule has 6 nitrogen and oxygen atoms in total. The highest BCUT2D eigenvalue weighted by Gasteiger charge is 2.95. The van der Waals surface area contributed by atoms with Crippen LogP contribution in [-0.2, 0) is 14.9 Å². The van der Waals surface area contributed by atoms with Crippen molar-refractivity contribution in [3.8, 4) is 5.75 Å². The predicted octanol–water partition coefficient (Wildman–Crippen LogP) is 13.9. The fourth-order valence-electron chi connectivity index (χ4n) is 16.0. The summed E-state index contributed by atoms with van der Waals surface area (Å²) in [5.74, 6) is 0.285. The number of carboxylic acid groups (broad SMARTS) is 1. The molecule has 2 unspecified atom stereocenters. The third-order valence-corrected chi connectivity index (χ3v) is 14.3. The van der Waals surface area contributed by atoms with E-state index in [0.717, 1.165) is 11.3 Å². The number of rotatable bonds is 5. The number of amides is 1. The summed E-state index contributed by atoms with van der Waals surface area (Å²) in [6.45, 7) is 57.5. The Morgan fingerprint density at radius 2 is 1.00 bits per heavy atom. The number of benzene rings is 1. The predicted molar refractivity (Wildman–Crippen MR) is 236 cm³/mol. The van der Waals surface area contributed by atoms with Gasteiger partial charge in [-0.1, -0.05) is 190 Å². The molecule has 2 rings (SSSR count). The Kier molecular flexibility index (Phi) is 12.5. The zero-order valence-corrected chi connectivity index (χ0v) is 41.2. The van der Waals surface area contributed by atoms with E-state index in [1.165, 1.54) is 0 Å². The fraction of sp³-hybridized carbons (Fsp3) is 0.800. The summed E-state index contributed by atoms with van der Waals surface area (Å²) in [6, 6.07) is 8.58. The molecule has 0 radical (unpaired) electrons. The largest absolute Gasteiger partial charge is 0.496 e. The lowest BCUT2D eigenvalue weighted by Crippen LogP contribution is -2.99. The molecular weight excluding hydrogens is 695 g/mol. The number of esters is 1. The fourth-order valence-corrected chi connectivity index (χ4v) is 16.0. The summed E-state index contributed by atoms with van der Waals surface area (Å²) in [7, 11) is 1.77. The lowest BCUT2D eigenvalue weighted by Gasteiger charge is -2.93. The van der Waals surface area contributed by atoms with Crippen molar-refractivity contribution in [2.24, 2.45) is 54.1 Å². The van der Waals surface area contributed by atoms with Gasteiger partial charge in [0.15, 0.2) is 0 Å². The smallest absolute Gasteiger partial charge is 0.408 e. The van der Waals surface area contributed by atoms with Gasteiger partial charge in [-0.25, -0.2) is 9.59 Å². The first-order chi connectivity index (χ1) is 24.6. The number of piperidine rings is 1. The van der Waals surface area contributed by atoms with Crippen molar-refractivity contribution in [1.29, 1.82) is 0 Å². The third-order valence-electron chi connectivity index (χ3n) is 14.3. The van der Waals surface area contributed by atoms with Crippen LogP contribution in [0.5, 0.6) is 5.75 Å². The van der Waals surface area contributed by atoms with Gasteiger partial charge in [-0.3, -0.25) is 4.90 Å². The van der Waals surface area contributed by atoms with E-state index in [1.807, 2.05) is 17.9 Å². The zero-order valence-electron chi connectivity index (χ0n) is 41.2. The highest BCUT2D eigenvalue weighted by atomic mass is 16.5. The van der Waals surface area contributed by atoms with Gasteiger partial charge in [0.1, 0.15) is 5.75 Å². The lowest BCUT2D eigenvalue weighted by atomic mass is 9.15. The second kappa shape index (κ2) is 14.1. The Morgan fingerprint density at radius 3 is 1.29 bits per heavy atom. The molecule has 0 saturated carbocycles. The first-order valence-corrected chi connectivity index (χ1v) is 21.1. The quantitative estimate of drug-likeness (QED) is 0.238. The van der Waals surface area contributed by atoms with Crippen LogP contribution in [0.4, 0.5) is 4.79 Å². The molecule has 2 atom stereocenters. The van der Waals surface area contributed by atoms with E-state index in [4.69, 9.17) is 9.47 Å². The van der Waals surface area contributed by atoms with Gasteiger partial charge in [-0.15, -0.1) is 0 Å². The summed E-state index contributed by atoms with van der Waals surface area (Å²) >= 11 is 0. The average Bonchev–Trinajstić information content (AvgIpc) is 2.93. The lowest BCUT2D eigenvalue weighted by molar-refractivity contribution is -0.419. The molecule has 0 spiro atoms. The van der Waals surface area contributed by atoms with Crippen molar-refractivity contribution in [1.82, 2.24) is 4.90 Å². The van der Waals surface area contributed by atoms with Crippen molar-refractivity contribution in [2.45, 2.75) is 190 Å². The Bertz CT molecular complexity index is 1580. The van der Waals surface area contributed by atoms with Gasteiger partial charge in [0.05, 0.1) is 24.8 Å². The maximum absolute atomic E-state index is 15.7. The Labute approximate surface area is 345 Å². The van der Waals surface area contributed by atoms with Crippen molar-refractivity contribution in [2.75, 3.05) is 13.7 Å². The Balaban J connectivity index is 4.50. The minimum absolute atomic E-state index is 0.205. The number of ether oxygens (including phenoxy) is 2. The highest BCUT2D eigenvalue weighted by Crippen LogP contribution is 2.91. The number of methoxy groups -OCH3 is 1. The first kappa shape index (κ1) is 49.6. The van der Waals surface area contributed by atoms with E-state index < -0.39 is 82.7 Å². The molecule has 1 aromatic carbocycles. The molecule has 0 aromatic heterocycles. The molecule has 322 valence electrons. The maximum Gasteiger partial charge on any atom is 0.408 e. The van der Waals surface area contributed by atoms with Gasteiger partial charge >= 0.3 is 12.1 Å². The SMILES string of the molecule is CCOC(=O)C=CC1(C(C)(C)C)N(C(=O)O)C(C(C)(C)C)(C(C)(C)C)C(C(C)(C)C)(C(C)(C)C)C(c2ccccc2OC)(C(C)(C)C)C1(C(C)(C)C)C(C)(C)C. The molecule has 1 aliphatic rings. The van der Waals surface area contributed by atoms with Crippen LogP contribution in [0.1, 0.15) is 179 Å². The van der Waals surface area contributed by atoms with Crippen LogP contribution in [0.15, 0.2) is 36.4 Å². The topological polar surface area (TPSA) is 76.1 Å². The monoisotopic (exact) mass is 782 g/mol. The number of likely N-dealkylation sites (tertiary alicyclic amines) is 1. The second-order valence-corrected chi connectivity index (χ2v) is 25.1. The van der Waals surface area contributed by atoms with Crippen LogP contribution >= 0.6 is 0 Å². The molecule has 6 heteroatoms. The van der Waals surface area contributed by atoms with Gasteiger partial charge in [-0.05, 0) is 56.3 Å². The molecule has 1 saturated heterocycles. The number of hydrogen-bond acceptors (Lipinski definition) is 4. The minimum atomic E-state index is -1.41. The number of carbonyl (C=O) groups is 2. The van der Waals surface area contributed by atoms with Crippen molar-refractivity contribution >= 4 is 12.1 Å². The van der Waals surface area contributed by atoms with Crippen LogP contribution in [0.25, 0.3) is 0 Å². The highest BCUT2D eigenvalue weighted by molar-refractivity contribution is 5.83. The summed E-state index contributed by atoms with van der Waals surface area (Å²) in [6.07, 6.45) is 2.56. The Morgan fingerprint density at radius 1 is 0.607 bits per heavy atom. The Hall–Kier alpha value is -2.50. The first-order valence-electron chi connectivity index (χ1n) is 21.1. The number of hydrogen-bond donors (Lipinski definition) is 1. The standard InChI is InChI=1S/C50H87NO5/c1-27-56-36(52)32-33-46(38(2,3)4)48(40(8,9)10,41(11,12)13)47(39(5,6)7,34-30-28-29-31-35(34)55-26)49(42(14,15)16,43(17,18)19)50(44(20,21)22,45(23,24)25)51(46)37(53)54/h28-33H,27H2,1-26H3,(H,53,54). The van der Waals surface area contributed by atoms with Crippen LogP contribution in [0.2, 0.25) is 0 Å². The molecule has 1 amide bonds. The second-order valence-electron chi connectivity index (χ2n) is 25.1. The number of para-hydroxylation sites is 1. The molecule has 1 N–H and O–H groups in total. The average molecular weight is 782 g/mol. The summed E-state index contributed by atoms with van der Waals surface area (Å²) in [5.41, 5.74) is -10.0. The normalized spacial score (nSPS) is 23.9. The van der Waals surface area contributed by atoms with Gasteiger partial charge in [-0.2, -0.15) is 0 Å². The number of nitrogens with zero attached hydrogens (tertiary/aromatic N) is 1. The van der Waals surface area contributed by atoms with E-state index in [9.17, 15) is 9.90 Å². The van der Waals surface area contributed by atoms with Gasteiger partial charge < -0.3 is 14.6 Å². The third kappa shape index (κ3) is 5.88. The number of carbonyl (C=O) groups excluding carboxylic acids is 1. The maximum atomic E-state index is 15.7. The van der Waals surface area contributed by atoms with E-state index in [0.29, 0.717) is 0 Å². The molecule has 1 aromatic rings. The van der Waals surface area contributed by atoms with E-state index in [1.54, 1.807) is 13.2 Å². The van der Waals surface area contributed by atoms with Crippen molar-refractivity contribution in [3.63, 3.8) is 0 Å². The minimum Gasteiger partial charge on any atom is -0.496 e. The van der Waals surface area contributed by atoms with Gasteiger partial charge in [0, 0.05) is 27.9 Å². The molecule has 0 bridgehead atoms. The molecule has 1 heterocycles. The molecule has 56 heavy (non-hydrogen) atoms. The van der Waals surface area contributed by atoms with Gasteiger partial charge in [0.2, 0.25) is 0 Å². The molecular formula is C50H87NO5. The molecule has 0 aliphatic carbocycles. The van der Waals surface area contributed by atoms with E-state index >= 15 is 4.79 Å². The van der Waals surface area contributed by atoms with E-state index in [2.05, 4.69) is 190 Å². The molecule has 1 fully saturated rings.